The molecule has 1 atom stereocenters. The second kappa shape index (κ2) is 9.77. The highest BCUT2D eigenvalue weighted by molar-refractivity contribution is 6.12. The normalized spacial score (nSPS) is 14.6. The van der Waals surface area contributed by atoms with Gasteiger partial charge in [0.25, 0.3) is 5.91 Å². The predicted molar refractivity (Wildman–Crippen MR) is 134 cm³/mol. The Morgan fingerprint density at radius 3 is 2.46 bits per heavy atom. The molecule has 4 aromatic rings. The number of aromatic nitrogens is 1. The number of methoxy groups -OCH3 is 2. The van der Waals surface area contributed by atoms with Crippen molar-refractivity contribution in [1.29, 1.82) is 0 Å². The van der Waals surface area contributed by atoms with Crippen LogP contribution in [-0.2, 0) is 6.61 Å². The third kappa shape index (κ3) is 4.48. The Morgan fingerprint density at radius 2 is 1.71 bits per heavy atom. The summed E-state index contributed by atoms with van der Waals surface area (Å²) in [6.45, 7) is 0.272. The minimum Gasteiger partial charge on any atom is -0.497 e. The summed E-state index contributed by atoms with van der Waals surface area (Å²) in [5.41, 5.74) is 3.90. The number of hydrogen-bond donors (Lipinski definition) is 1. The molecule has 0 spiro atoms. The molecule has 1 aliphatic rings. The Balaban J connectivity index is 1.54. The van der Waals surface area contributed by atoms with Crippen molar-refractivity contribution in [2.24, 2.45) is 0 Å². The molecule has 0 unspecified atom stereocenters. The topological polar surface area (TPSA) is 72.9 Å². The number of pyridine rings is 1. The zero-order valence-electron chi connectivity index (χ0n) is 19.5. The second-order valence-electron chi connectivity index (χ2n) is 7.99. The maximum absolute atomic E-state index is 13.7. The third-order valence-corrected chi connectivity index (χ3v) is 5.91. The second-order valence-corrected chi connectivity index (χ2v) is 7.99. The lowest BCUT2D eigenvalue weighted by Gasteiger charge is -2.38. The summed E-state index contributed by atoms with van der Waals surface area (Å²) in [6, 6.07) is 26.4. The number of ether oxygens (including phenoxy) is 3. The van der Waals surface area contributed by atoms with Gasteiger partial charge in [-0.25, -0.2) is 4.98 Å². The van der Waals surface area contributed by atoms with Gasteiger partial charge < -0.3 is 19.5 Å². The van der Waals surface area contributed by atoms with E-state index in [0.29, 0.717) is 17.2 Å². The van der Waals surface area contributed by atoms with Crippen LogP contribution in [0, 0.1) is 0 Å². The van der Waals surface area contributed by atoms with Crippen molar-refractivity contribution in [3.63, 3.8) is 0 Å². The van der Waals surface area contributed by atoms with E-state index in [2.05, 4.69) is 10.3 Å². The van der Waals surface area contributed by atoms with Crippen LogP contribution in [0.1, 0.15) is 27.7 Å². The first-order valence-electron chi connectivity index (χ1n) is 11.2. The van der Waals surface area contributed by atoms with E-state index in [0.717, 1.165) is 28.3 Å². The summed E-state index contributed by atoms with van der Waals surface area (Å²) >= 11 is 0. The highest BCUT2D eigenvalue weighted by atomic mass is 16.5. The van der Waals surface area contributed by atoms with Gasteiger partial charge in [-0.1, -0.05) is 24.3 Å². The lowest BCUT2D eigenvalue weighted by molar-refractivity contribution is 0.0975. The molecule has 3 aromatic carbocycles. The fourth-order valence-corrected chi connectivity index (χ4v) is 4.16. The van der Waals surface area contributed by atoms with Crippen molar-refractivity contribution in [3.8, 4) is 17.4 Å². The third-order valence-electron chi connectivity index (χ3n) is 5.91. The molecule has 0 saturated heterocycles. The average Bonchev–Trinajstić information content (AvgIpc) is 2.92. The number of fused-ring (bicyclic) bond motifs is 1. The maximum atomic E-state index is 13.7. The zero-order chi connectivity index (χ0) is 24.2. The fourth-order valence-electron chi connectivity index (χ4n) is 4.16. The molecule has 2 heterocycles. The zero-order valence-corrected chi connectivity index (χ0v) is 19.5. The Morgan fingerprint density at radius 1 is 0.914 bits per heavy atom. The smallest absolute Gasteiger partial charge is 0.262 e. The quantitative estimate of drug-likeness (QED) is 0.390. The Bertz CT molecular complexity index is 1330. The van der Waals surface area contributed by atoms with Crippen LogP contribution in [0.25, 0.3) is 0 Å². The summed E-state index contributed by atoms with van der Waals surface area (Å²) < 4.78 is 16.8. The van der Waals surface area contributed by atoms with Crippen LogP contribution < -0.4 is 24.4 Å². The van der Waals surface area contributed by atoms with Crippen molar-refractivity contribution < 1.29 is 19.0 Å². The van der Waals surface area contributed by atoms with Crippen LogP contribution in [-0.4, -0.2) is 25.1 Å². The van der Waals surface area contributed by atoms with Gasteiger partial charge in [-0.3, -0.25) is 9.69 Å². The van der Waals surface area contributed by atoms with Gasteiger partial charge in [0, 0.05) is 29.2 Å². The van der Waals surface area contributed by atoms with Crippen molar-refractivity contribution in [1.82, 2.24) is 4.98 Å². The van der Waals surface area contributed by atoms with Gasteiger partial charge in [0.05, 0.1) is 19.8 Å². The predicted octanol–water partition coefficient (Wildman–Crippen LogP) is 5.45. The van der Waals surface area contributed by atoms with Crippen LogP contribution in [0.2, 0.25) is 0 Å². The molecule has 0 saturated carbocycles. The molecule has 0 radical (unpaired) electrons. The number of amides is 1. The van der Waals surface area contributed by atoms with E-state index >= 15 is 0 Å². The minimum absolute atomic E-state index is 0.0865. The number of para-hydroxylation sites is 1. The maximum Gasteiger partial charge on any atom is 0.262 e. The molecule has 1 aliphatic heterocycles. The number of hydrogen-bond acceptors (Lipinski definition) is 6. The number of carbonyl (C=O) groups excluding carboxylic acids is 1. The molecular formula is C28H25N3O4. The van der Waals surface area contributed by atoms with Crippen molar-refractivity contribution in [2.75, 3.05) is 24.4 Å². The van der Waals surface area contributed by atoms with Gasteiger partial charge in [-0.2, -0.15) is 0 Å². The molecule has 0 aliphatic carbocycles. The molecule has 0 fully saturated rings. The monoisotopic (exact) mass is 467 g/mol. The molecule has 7 heteroatoms. The van der Waals surface area contributed by atoms with Gasteiger partial charge in [-0.05, 0) is 60.2 Å². The molecule has 0 bridgehead atoms. The average molecular weight is 468 g/mol. The summed E-state index contributed by atoms with van der Waals surface area (Å²) in [5, 5.41) is 3.54. The molecular weight excluding hydrogens is 442 g/mol. The molecule has 176 valence electrons. The van der Waals surface area contributed by atoms with Gasteiger partial charge >= 0.3 is 0 Å². The van der Waals surface area contributed by atoms with E-state index in [9.17, 15) is 4.79 Å². The molecule has 5 rings (SSSR count). The number of nitrogens with one attached hydrogen (secondary N) is 1. The largest absolute Gasteiger partial charge is 0.497 e. The van der Waals surface area contributed by atoms with Gasteiger partial charge in [-0.15, -0.1) is 0 Å². The summed E-state index contributed by atoms with van der Waals surface area (Å²) in [7, 11) is 3.25. The number of nitrogens with zero attached hydrogens (tertiary/aromatic N) is 2. The molecule has 1 aromatic heterocycles. The van der Waals surface area contributed by atoms with Crippen LogP contribution in [0.15, 0.2) is 91.1 Å². The number of rotatable bonds is 7. The minimum atomic E-state index is -0.440. The first-order valence-corrected chi connectivity index (χ1v) is 11.2. The molecule has 1 amide bonds. The van der Waals surface area contributed by atoms with Gasteiger partial charge in [0.15, 0.2) is 0 Å². The van der Waals surface area contributed by atoms with E-state index < -0.39 is 6.17 Å². The van der Waals surface area contributed by atoms with Gasteiger partial charge in [0.2, 0.25) is 5.88 Å². The highest BCUT2D eigenvalue weighted by Gasteiger charge is 2.34. The Hall–Kier alpha value is -4.52. The number of anilines is 2. The van der Waals surface area contributed by atoms with Crippen LogP contribution in [0.4, 0.5) is 11.4 Å². The Labute approximate surface area is 203 Å². The fraction of sp³-hybridized carbons (Fsp3) is 0.143. The number of benzene rings is 3. The summed E-state index contributed by atoms with van der Waals surface area (Å²) in [6.07, 6.45) is 1.25. The van der Waals surface area contributed by atoms with E-state index in [4.69, 9.17) is 14.2 Å². The summed E-state index contributed by atoms with van der Waals surface area (Å²) in [5.74, 6) is 1.86. The first kappa shape index (κ1) is 22.3. The van der Waals surface area contributed by atoms with Gasteiger partial charge in [0.1, 0.15) is 24.3 Å². The Kier molecular flexibility index (Phi) is 6.22. The lowest BCUT2D eigenvalue weighted by atomic mass is 10.0. The van der Waals surface area contributed by atoms with E-state index in [-0.39, 0.29) is 12.5 Å². The van der Waals surface area contributed by atoms with Crippen molar-refractivity contribution in [2.45, 2.75) is 12.8 Å². The summed E-state index contributed by atoms with van der Waals surface area (Å²) in [4.78, 5) is 19.7. The van der Waals surface area contributed by atoms with Crippen LogP contribution >= 0.6 is 0 Å². The standard InChI is InChI=1S/C28H25N3O4/c1-33-22-13-11-21(12-14-22)31-27(30-24-8-4-3-7-23(24)28(31)32)19-10-15-25(34-2)20(17-19)18-35-26-9-5-6-16-29-26/h3-17,27,30H,18H2,1-2H3/t27-/m1/s1. The van der Waals surface area contributed by atoms with E-state index in [1.807, 2.05) is 78.9 Å². The van der Waals surface area contributed by atoms with Crippen LogP contribution in [0.3, 0.4) is 0 Å². The molecule has 7 nitrogen and oxygen atoms in total. The molecule has 1 N–H and O–H groups in total. The lowest BCUT2D eigenvalue weighted by Crippen LogP contribution is -2.43. The number of carbonyl (C=O) groups is 1. The molecule has 35 heavy (non-hydrogen) atoms. The van der Waals surface area contributed by atoms with E-state index in [1.165, 1.54) is 0 Å². The van der Waals surface area contributed by atoms with Crippen molar-refractivity contribution in [3.05, 3.63) is 108 Å². The van der Waals surface area contributed by atoms with Crippen molar-refractivity contribution >= 4 is 17.3 Å². The first-order chi connectivity index (χ1) is 17.2. The van der Waals surface area contributed by atoms with Crippen LogP contribution in [0.5, 0.6) is 17.4 Å². The highest BCUT2D eigenvalue weighted by Crippen LogP contribution is 2.38. The van der Waals surface area contributed by atoms with E-state index in [1.54, 1.807) is 31.4 Å². The SMILES string of the molecule is COc1ccc(N2C(=O)c3ccccc3N[C@H]2c2ccc(OC)c(COc3ccccn3)c2)cc1.